The second kappa shape index (κ2) is 7.19. The number of ether oxygens (including phenoxy) is 1. The molecule has 0 aromatic carbocycles. The Morgan fingerprint density at radius 3 is 2.82 bits per heavy atom. The van der Waals surface area contributed by atoms with Crippen LogP contribution in [0.5, 0.6) is 0 Å². The van der Waals surface area contributed by atoms with Crippen LogP contribution in [0.4, 0.5) is 0 Å². The summed E-state index contributed by atoms with van der Waals surface area (Å²) in [6.07, 6.45) is 5.48. The molecule has 5 heteroatoms. The number of hydrogen-bond donors (Lipinski definition) is 1. The first kappa shape index (κ1) is 14.7. The van der Waals surface area contributed by atoms with E-state index in [1.54, 1.807) is 0 Å². The Bertz CT molecular complexity index is 239. The first-order chi connectivity index (χ1) is 7.75. The number of nitrogens with one attached hydrogen (secondary N) is 1. The predicted molar refractivity (Wildman–Crippen MR) is 69.5 cm³/mol. The maximum absolute atomic E-state index is 11.9. The Kier molecular flexibility index (Phi) is 6.23. The molecule has 2 heterocycles. The summed E-state index contributed by atoms with van der Waals surface area (Å²) in [4.78, 5) is 13.7. The lowest BCUT2D eigenvalue weighted by Gasteiger charge is -2.22. The van der Waals surface area contributed by atoms with Crippen molar-refractivity contribution in [3.63, 3.8) is 0 Å². The number of carbonyl (C=O) groups is 1. The number of hydrogen-bond acceptors (Lipinski definition) is 3. The molecule has 17 heavy (non-hydrogen) atoms. The number of halogens is 1. The molecule has 2 aliphatic heterocycles. The summed E-state index contributed by atoms with van der Waals surface area (Å²) in [6, 6.07) is 0.402. The highest BCUT2D eigenvalue weighted by molar-refractivity contribution is 5.85. The monoisotopic (exact) mass is 262 g/mol. The third-order valence-electron chi connectivity index (χ3n) is 3.51. The lowest BCUT2D eigenvalue weighted by atomic mass is 10.1. The summed E-state index contributed by atoms with van der Waals surface area (Å²) >= 11 is 0. The summed E-state index contributed by atoms with van der Waals surface area (Å²) in [5, 5.41) is 3.36. The van der Waals surface area contributed by atoms with Crippen molar-refractivity contribution in [3.05, 3.63) is 0 Å². The van der Waals surface area contributed by atoms with Crippen molar-refractivity contribution < 1.29 is 9.53 Å². The lowest BCUT2D eigenvalue weighted by Crippen LogP contribution is -2.37. The number of likely N-dealkylation sites (N-methyl/N-ethyl adjacent to an activating group) is 1. The zero-order chi connectivity index (χ0) is 11.4. The highest BCUT2D eigenvalue weighted by Gasteiger charge is 2.23. The SMILES string of the molecule is CN(CC1CCCO1)C(=O)CC1CCCN1.Cl. The summed E-state index contributed by atoms with van der Waals surface area (Å²) in [5.41, 5.74) is 0. The fraction of sp³-hybridized carbons (Fsp3) is 0.917. The molecule has 0 aliphatic carbocycles. The van der Waals surface area contributed by atoms with Gasteiger partial charge in [0, 0.05) is 32.7 Å². The van der Waals surface area contributed by atoms with Crippen LogP contribution in [-0.2, 0) is 9.53 Å². The first-order valence-electron chi connectivity index (χ1n) is 6.34. The molecule has 2 atom stereocenters. The number of carbonyl (C=O) groups excluding carboxylic acids is 1. The van der Waals surface area contributed by atoms with Crippen LogP contribution < -0.4 is 5.32 Å². The molecular weight excluding hydrogens is 240 g/mol. The molecule has 0 saturated carbocycles. The van der Waals surface area contributed by atoms with Crippen LogP contribution in [0.1, 0.15) is 32.1 Å². The molecule has 100 valence electrons. The molecule has 4 nitrogen and oxygen atoms in total. The quantitative estimate of drug-likeness (QED) is 0.828. The van der Waals surface area contributed by atoms with Crippen LogP contribution in [0, 0.1) is 0 Å². The van der Waals surface area contributed by atoms with E-state index in [9.17, 15) is 4.79 Å². The Hall–Kier alpha value is -0.320. The topological polar surface area (TPSA) is 41.6 Å². The molecule has 0 aromatic heterocycles. The van der Waals surface area contributed by atoms with Gasteiger partial charge >= 0.3 is 0 Å². The van der Waals surface area contributed by atoms with E-state index >= 15 is 0 Å². The van der Waals surface area contributed by atoms with Crippen LogP contribution in [0.2, 0.25) is 0 Å². The van der Waals surface area contributed by atoms with Crippen molar-refractivity contribution in [2.75, 3.05) is 26.7 Å². The summed E-state index contributed by atoms with van der Waals surface area (Å²) in [5.74, 6) is 0.245. The highest BCUT2D eigenvalue weighted by Crippen LogP contribution is 2.14. The maximum Gasteiger partial charge on any atom is 0.223 e. The van der Waals surface area contributed by atoms with E-state index in [-0.39, 0.29) is 24.4 Å². The van der Waals surface area contributed by atoms with Crippen molar-refractivity contribution in [1.29, 1.82) is 0 Å². The third kappa shape index (κ3) is 4.45. The molecule has 2 unspecified atom stereocenters. The minimum atomic E-state index is 0. The van der Waals surface area contributed by atoms with Gasteiger partial charge in [-0.05, 0) is 32.2 Å². The zero-order valence-corrected chi connectivity index (χ0v) is 11.3. The highest BCUT2D eigenvalue weighted by atomic mass is 35.5. The minimum Gasteiger partial charge on any atom is -0.376 e. The molecule has 2 rings (SSSR count). The van der Waals surface area contributed by atoms with E-state index < -0.39 is 0 Å². The minimum absolute atomic E-state index is 0. The predicted octanol–water partition coefficient (Wildman–Crippen LogP) is 1.19. The largest absolute Gasteiger partial charge is 0.376 e. The Labute approximate surface area is 109 Å². The smallest absolute Gasteiger partial charge is 0.223 e. The Morgan fingerprint density at radius 1 is 1.41 bits per heavy atom. The van der Waals surface area contributed by atoms with Gasteiger partial charge in [0.05, 0.1) is 6.10 Å². The van der Waals surface area contributed by atoms with Gasteiger partial charge in [-0.1, -0.05) is 0 Å². The van der Waals surface area contributed by atoms with E-state index in [1.807, 2.05) is 11.9 Å². The molecule has 1 N–H and O–H groups in total. The molecule has 0 aromatic rings. The summed E-state index contributed by atoms with van der Waals surface area (Å²) in [6.45, 7) is 2.68. The molecule has 1 amide bonds. The van der Waals surface area contributed by atoms with E-state index in [4.69, 9.17) is 4.74 Å². The van der Waals surface area contributed by atoms with Crippen LogP contribution in [0.25, 0.3) is 0 Å². The Morgan fingerprint density at radius 2 is 2.24 bits per heavy atom. The molecule has 0 spiro atoms. The van der Waals surface area contributed by atoms with Crippen molar-refractivity contribution in [2.24, 2.45) is 0 Å². The third-order valence-corrected chi connectivity index (χ3v) is 3.51. The van der Waals surface area contributed by atoms with Gasteiger partial charge in [-0.25, -0.2) is 0 Å². The normalized spacial score (nSPS) is 27.8. The number of rotatable bonds is 4. The van der Waals surface area contributed by atoms with Crippen molar-refractivity contribution in [3.8, 4) is 0 Å². The first-order valence-corrected chi connectivity index (χ1v) is 6.34. The fourth-order valence-electron chi connectivity index (χ4n) is 2.49. The molecule has 2 aliphatic rings. The Balaban J connectivity index is 0.00000144. The van der Waals surface area contributed by atoms with Crippen LogP contribution in [0.3, 0.4) is 0 Å². The van der Waals surface area contributed by atoms with Crippen LogP contribution in [-0.4, -0.2) is 49.7 Å². The lowest BCUT2D eigenvalue weighted by molar-refractivity contribution is -0.131. The van der Waals surface area contributed by atoms with Crippen LogP contribution in [0.15, 0.2) is 0 Å². The average molecular weight is 263 g/mol. The zero-order valence-electron chi connectivity index (χ0n) is 10.5. The van der Waals surface area contributed by atoms with Gasteiger partial charge in [0.15, 0.2) is 0 Å². The van der Waals surface area contributed by atoms with Gasteiger partial charge in [-0.2, -0.15) is 0 Å². The number of nitrogens with zero attached hydrogens (tertiary/aromatic N) is 1. The summed E-state index contributed by atoms with van der Waals surface area (Å²) < 4.78 is 5.53. The van der Waals surface area contributed by atoms with Gasteiger partial charge in [0.1, 0.15) is 0 Å². The second-order valence-electron chi connectivity index (χ2n) is 4.91. The van der Waals surface area contributed by atoms with Crippen LogP contribution >= 0.6 is 12.4 Å². The van der Waals surface area contributed by atoms with E-state index in [2.05, 4.69) is 5.32 Å². The molecule has 2 saturated heterocycles. The molecular formula is C12H23ClN2O2. The fourth-order valence-corrected chi connectivity index (χ4v) is 2.49. The molecule has 2 fully saturated rings. The van der Waals surface area contributed by atoms with E-state index in [1.165, 1.54) is 6.42 Å². The van der Waals surface area contributed by atoms with Crippen molar-refractivity contribution in [2.45, 2.75) is 44.2 Å². The van der Waals surface area contributed by atoms with E-state index in [0.717, 1.165) is 39.0 Å². The molecule has 0 bridgehead atoms. The van der Waals surface area contributed by atoms with Gasteiger partial charge < -0.3 is 15.0 Å². The number of amides is 1. The van der Waals surface area contributed by atoms with Crippen molar-refractivity contribution in [1.82, 2.24) is 10.2 Å². The van der Waals surface area contributed by atoms with Gasteiger partial charge in [0.2, 0.25) is 5.91 Å². The maximum atomic E-state index is 11.9. The average Bonchev–Trinajstić information content (AvgIpc) is 2.90. The van der Waals surface area contributed by atoms with Gasteiger partial charge in [-0.15, -0.1) is 12.4 Å². The van der Waals surface area contributed by atoms with Crippen molar-refractivity contribution >= 4 is 18.3 Å². The summed E-state index contributed by atoms with van der Waals surface area (Å²) in [7, 11) is 1.89. The van der Waals surface area contributed by atoms with Gasteiger partial charge in [-0.3, -0.25) is 4.79 Å². The standard InChI is InChI=1S/C12H22N2O2.ClH/c1-14(9-11-5-3-7-16-11)12(15)8-10-4-2-6-13-10;/h10-11,13H,2-9H2,1H3;1H. The van der Waals surface area contributed by atoms with Gasteiger partial charge in [0.25, 0.3) is 0 Å². The van der Waals surface area contributed by atoms with E-state index in [0.29, 0.717) is 12.5 Å². The molecule has 0 radical (unpaired) electrons. The second-order valence-corrected chi connectivity index (χ2v) is 4.91.